The SMILES string of the molecule is C=Cc1c(Cl)cnc2c(F)cc(OC)cc12.O=S(=O)(O)C(F)(F)F. The van der Waals surface area contributed by atoms with Gasteiger partial charge in [0.1, 0.15) is 11.3 Å². The van der Waals surface area contributed by atoms with Crippen molar-refractivity contribution in [3.63, 3.8) is 0 Å². The van der Waals surface area contributed by atoms with Crippen LogP contribution in [0.3, 0.4) is 0 Å². The Labute approximate surface area is 139 Å². The Balaban J connectivity index is 0.000000307. The van der Waals surface area contributed by atoms with Crippen molar-refractivity contribution >= 4 is 38.7 Å². The third-order valence-electron chi connectivity index (χ3n) is 2.62. The number of nitrogens with zero attached hydrogens (tertiary/aromatic N) is 1. The molecule has 0 fully saturated rings. The fourth-order valence-corrected chi connectivity index (χ4v) is 1.78. The van der Waals surface area contributed by atoms with Crippen LogP contribution in [-0.2, 0) is 10.1 Å². The molecule has 0 aliphatic rings. The van der Waals surface area contributed by atoms with E-state index in [1.807, 2.05) is 0 Å². The predicted molar refractivity (Wildman–Crippen MR) is 81.0 cm³/mol. The Morgan fingerprint density at radius 2 is 1.92 bits per heavy atom. The lowest BCUT2D eigenvalue weighted by molar-refractivity contribution is -0.0510. The first-order valence-electron chi connectivity index (χ1n) is 5.90. The van der Waals surface area contributed by atoms with Gasteiger partial charge in [0, 0.05) is 23.2 Å². The van der Waals surface area contributed by atoms with Crippen LogP contribution in [0.5, 0.6) is 5.75 Å². The number of pyridine rings is 1. The average Bonchev–Trinajstić information content (AvgIpc) is 2.45. The number of ether oxygens (including phenoxy) is 1. The van der Waals surface area contributed by atoms with E-state index in [1.54, 1.807) is 12.1 Å². The Kier molecular flexibility index (Phi) is 6.15. The monoisotopic (exact) mass is 387 g/mol. The number of halogens is 5. The molecular formula is C13H10ClF4NO4S. The summed E-state index contributed by atoms with van der Waals surface area (Å²) in [6, 6.07) is 2.98. The molecule has 2 aromatic rings. The third-order valence-corrected chi connectivity index (χ3v) is 3.51. The molecule has 132 valence electrons. The van der Waals surface area contributed by atoms with Crippen LogP contribution in [0.4, 0.5) is 17.6 Å². The maximum absolute atomic E-state index is 13.7. The molecule has 1 aromatic carbocycles. The summed E-state index contributed by atoms with van der Waals surface area (Å²) in [5, 5.41) is 1.04. The van der Waals surface area contributed by atoms with Crippen LogP contribution in [0.1, 0.15) is 5.56 Å². The highest BCUT2D eigenvalue weighted by Gasteiger charge is 2.44. The first-order valence-corrected chi connectivity index (χ1v) is 7.72. The highest BCUT2D eigenvalue weighted by atomic mass is 35.5. The Morgan fingerprint density at radius 1 is 1.38 bits per heavy atom. The summed E-state index contributed by atoms with van der Waals surface area (Å²) in [5.74, 6) is -0.00807. The fraction of sp³-hybridized carbons (Fsp3) is 0.154. The zero-order valence-corrected chi connectivity index (χ0v) is 13.5. The molecule has 0 saturated heterocycles. The van der Waals surface area contributed by atoms with Crippen molar-refractivity contribution in [2.24, 2.45) is 0 Å². The minimum Gasteiger partial charge on any atom is -0.497 e. The molecule has 2 rings (SSSR count). The molecule has 24 heavy (non-hydrogen) atoms. The van der Waals surface area contributed by atoms with Crippen LogP contribution in [0.25, 0.3) is 17.0 Å². The van der Waals surface area contributed by atoms with Crippen molar-refractivity contribution in [2.75, 3.05) is 7.11 Å². The van der Waals surface area contributed by atoms with Gasteiger partial charge >= 0.3 is 15.6 Å². The van der Waals surface area contributed by atoms with Crippen molar-refractivity contribution in [1.82, 2.24) is 4.98 Å². The molecule has 0 unspecified atom stereocenters. The van der Waals surface area contributed by atoms with Crippen molar-refractivity contribution in [3.05, 3.63) is 41.3 Å². The van der Waals surface area contributed by atoms with E-state index in [2.05, 4.69) is 11.6 Å². The van der Waals surface area contributed by atoms with Crippen LogP contribution in [0.2, 0.25) is 5.02 Å². The molecule has 0 saturated carbocycles. The summed E-state index contributed by atoms with van der Waals surface area (Å²) >= 11 is 5.95. The van der Waals surface area contributed by atoms with Gasteiger partial charge < -0.3 is 4.74 Å². The van der Waals surface area contributed by atoms with Gasteiger partial charge in [0.05, 0.1) is 12.1 Å². The van der Waals surface area contributed by atoms with E-state index in [9.17, 15) is 17.6 Å². The van der Waals surface area contributed by atoms with Gasteiger partial charge in [-0.05, 0) is 6.07 Å². The maximum atomic E-state index is 13.7. The van der Waals surface area contributed by atoms with Crippen LogP contribution < -0.4 is 4.74 Å². The van der Waals surface area contributed by atoms with Gasteiger partial charge in [-0.25, -0.2) is 4.39 Å². The largest absolute Gasteiger partial charge is 0.522 e. The highest BCUT2D eigenvalue weighted by Crippen LogP contribution is 2.30. The van der Waals surface area contributed by atoms with Gasteiger partial charge in [0.25, 0.3) is 0 Å². The van der Waals surface area contributed by atoms with Gasteiger partial charge in [0.15, 0.2) is 5.82 Å². The Hall–Kier alpha value is -1.91. The van der Waals surface area contributed by atoms with Crippen LogP contribution in [-0.4, -0.2) is 30.6 Å². The van der Waals surface area contributed by atoms with E-state index in [0.717, 1.165) is 0 Å². The van der Waals surface area contributed by atoms with Gasteiger partial charge in [-0.15, -0.1) is 0 Å². The summed E-state index contributed by atoms with van der Waals surface area (Å²) in [6.07, 6.45) is 2.99. The number of methoxy groups -OCH3 is 1. The molecule has 0 atom stereocenters. The topological polar surface area (TPSA) is 76.5 Å². The van der Waals surface area contributed by atoms with Crippen LogP contribution >= 0.6 is 11.6 Å². The minimum absolute atomic E-state index is 0.264. The molecule has 1 heterocycles. The molecule has 0 aliphatic carbocycles. The number of hydrogen-bond donors (Lipinski definition) is 1. The molecule has 0 spiro atoms. The standard InChI is InChI=1S/C12H9ClFNO.CHF3O3S/c1-3-8-9-4-7(16-2)5-11(14)12(9)15-6-10(8)13;2-1(3,4)8(5,6)7/h3-6H,1H2,2H3;(H,5,6,7). The normalized spacial score (nSPS) is 11.6. The van der Waals surface area contributed by atoms with Crippen molar-refractivity contribution < 1.29 is 35.3 Å². The zero-order chi connectivity index (χ0) is 18.7. The lowest BCUT2D eigenvalue weighted by atomic mass is 10.1. The molecule has 0 amide bonds. The Morgan fingerprint density at radius 3 is 2.33 bits per heavy atom. The molecule has 1 aromatic heterocycles. The van der Waals surface area contributed by atoms with Crippen molar-refractivity contribution in [1.29, 1.82) is 0 Å². The second-order valence-corrected chi connectivity index (χ2v) is 5.97. The number of hydrogen-bond acceptors (Lipinski definition) is 4. The first-order chi connectivity index (χ1) is 10.9. The summed E-state index contributed by atoms with van der Waals surface area (Å²) in [7, 11) is -4.36. The quantitative estimate of drug-likeness (QED) is 0.477. The van der Waals surface area contributed by atoms with Crippen molar-refractivity contribution in [3.8, 4) is 5.75 Å². The molecular weight excluding hydrogens is 378 g/mol. The summed E-state index contributed by atoms with van der Waals surface area (Å²) in [4.78, 5) is 3.95. The highest BCUT2D eigenvalue weighted by molar-refractivity contribution is 7.86. The van der Waals surface area contributed by atoms with Crippen molar-refractivity contribution in [2.45, 2.75) is 5.51 Å². The lowest BCUT2D eigenvalue weighted by Crippen LogP contribution is -2.21. The number of fused-ring (bicyclic) bond motifs is 1. The Bertz CT molecular complexity index is 868. The smallest absolute Gasteiger partial charge is 0.497 e. The number of aromatic nitrogens is 1. The van der Waals surface area contributed by atoms with E-state index in [0.29, 0.717) is 21.7 Å². The first kappa shape index (κ1) is 20.1. The molecule has 11 heteroatoms. The fourth-order valence-electron chi connectivity index (χ4n) is 1.56. The van der Waals surface area contributed by atoms with Gasteiger partial charge in [-0.3, -0.25) is 9.54 Å². The molecule has 1 N–H and O–H groups in total. The molecule has 0 radical (unpaired) electrons. The summed E-state index contributed by atoms with van der Waals surface area (Å²) < 4.78 is 76.2. The summed E-state index contributed by atoms with van der Waals surface area (Å²) in [5.41, 5.74) is -4.61. The second-order valence-electron chi connectivity index (χ2n) is 4.15. The predicted octanol–water partition coefficient (Wildman–Crippen LogP) is 4.07. The van der Waals surface area contributed by atoms with Gasteiger partial charge in [-0.2, -0.15) is 21.6 Å². The lowest BCUT2D eigenvalue weighted by Gasteiger charge is -2.07. The van der Waals surface area contributed by atoms with Gasteiger partial charge in [-0.1, -0.05) is 24.3 Å². The molecule has 0 aliphatic heterocycles. The van der Waals surface area contributed by atoms with E-state index in [-0.39, 0.29) is 5.52 Å². The van der Waals surface area contributed by atoms with Crippen LogP contribution in [0, 0.1) is 5.82 Å². The summed E-state index contributed by atoms with van der Waals surface area (Å²) in [6.45, 7) is 3.65. The number of benzene rings is 1. The number of rotatable bonds is 2. The number of alkyl halides is 3. The second kappa shape index (κ2) is 7.32. The van der Waals surface area contributed by atoms with E-state index >= 15 is 0 Å². The minimum atomic E-state index is -5.84. The van der Waals surface area contributed by atoms with E-state index < -0.39 is 21.4 Å². The van der Waals surface area contributed by atoms with E-state index in [4.69, 9.17) is 29.3 Å². The zero-order valence-electron chi connectivity index (χ0n) is 11.9. The maximum Gasteiger partial charge on any atom is 0.522 e. The molecule has 0 bridgehead atoms. The molecule has 5 nitrogen and oxygen atoms in total. The average molecular weight is 388 g/mol. The van der Waals surface area contributed by atoms with E-state index in [1.165, 1.54) is 19.4 Å². The van der Waals surface area contributed by atoms with Gasteiger partial charge in [0.2, 0.25) is 0 Å². The van der Waals surface area contributed by atoms with Crippen LogP contribution in [0.15, 0.2) is 24.9 Å². The third kappa shape index (κ3) is 4.56.